The van der Waals surface area contributed by atoms with Gasteiger partial charge < -0.3 is 10.2 Å². The highest BCUT2D eigenvalue weighted by Crippen LogP contribution is 2.16. The predicted molar refractivity (Wildman–Crippen MR) is 64.7 cm³/mol. The van der Waals surface area contributed by atoms with Gasteiger partial charge in [-0.3, -0.25) is 9.88 Å². The molecule has 3 heterocycles. The van der Waals surface area contributed by atoms with Gasteiger partial charge in [-0.15, -0.1) is 0 Å². The van der Waals surface area contributed by atoms with E-state index in [2.05, 4.69) is 32.2 Å². The molecule has 86 valence electrons. The van der Waals surface area contributed by atoms with E-state index in [4.69, 9.17) is 0 Å². The minimum atomic E-state index is 0.791. The van der Waals surface area contributed by atoms with Gasteiger partial charge in [0.1, 0.15) is 0 Å². The van der Waals surface area contributed by atoms with Gasteiger partial charge in [-0.05, 0) is 12.1 Å². The Bertz CT molecular complexity index is 328. The van der Waals surface area contributed by atoms with Crippen LogP contribution in [0.15, 0.2) is 24.5 Å². The second-order valence-corrected chi connectivity index (χ2v) is 4.54. The zero-order chi connectivity index (χ0) is 10.8. The molecule has 1 aromatic heterocycles. The normalized spacial score (nSPS) is 23.1. The lowest BCUT2D eigenvalue weighted by atomic mass is 10.1. The van der Waals surface area contributed by atoms with Gasteiger partial charge in [-0.25, -0.2) is 0 Å². The molecule has 0 amide bonds. The number of pyridine rings is 1. The molecule has 0 aromatic carbocycles. The molecule has 0 radical (unpaired) electrons. The van der Waals surface area contributed by atoms with Crippen molar-refractivity contribution in [1.29, 1.82) is 0 Å². The van der Waals surface area contributed by atoms with E-state index in [-0.39, 0.29) is 0 Å². The minimum absolute atomic E-state index is 0.791. The lowest BCUT2D eigenvalue weighted by Gasteiger charge is -2.43. The van der Waals surface area contributed by atoms with Crippen LogP contribution in [0.5, 0.6) is 0 Å². The Balaban J connectivity index is 1.58. The van der Waals surface area contributed by atoms with E-state index >= 15 is 0 Å². The first kappa shape index (κ1) is 10.1. The van der Waals surface area contributed by atoms with Gasteiger partial charge in [0, 0.05) is 63.4 Å². The standard InChI is InChI=1S/C12H18N4/c1-3-13-4-2-11(1)15-5-7-16(8-6-15)12-9-14-10-12/h1-4,12,14H,5-10H2. The summed E-state index contributed by atoms with van der Waals surface area (Å²) < 4.78 is 0. The van der Waals surface area contributed by atoms with E-state index in [0.29, 0.717) is 0 Å². The van der Waals surface area contributed by atoms with Crippen molar-refractivity contribution in [2.75, 3.05) is 44.2 Å². The van der Waals surface area contributed by atoms with Crippen LogP contribution >= 0.6 is 0 Å². The maximum absolute atomic E-state index is 4.06. The Morgan fingerprint density at radius 1 is 1.06 bits per heavy atom. The molecule has 4 heteroatoms. The highest BCUT2D eigenvalue weighted by Gasteiger charge is 2.27. The number of aromatic nitrogens is 1. The number of piperazine rings is 1. The number of anilines is 1. The molecular weight excluding hydrogens is 200 g/mol. The summed E-state index contributed by atoms with van der Waals surface area (Å²) in [7, 11) is 0. The van der Waals surface area contributed by atoms with Crippen molar-refractivity contribution in [3.05, 3.63) is 24.5 Å². The van der Waals surface area contributed by atoms with Crippen LogP contribution in [0.1, 0.15) is 0 Å². The summed E-state index contributed by atoms with van der Waals surface area (Å²) in [6, 6.07) is 4.99. The second-order valence-electron chi connectivity index (χ2n) is 4.54. The first-order valence-corrected chi connectivity index (χ1v) is 6.03. The molecule has 2 fully saturated rings. The average Bonchev–Trinajstić information content (AvgIpc) is 2.29. The SMILES string of the molecule is c1cc(N2CCN(C3CNC3)CC2)ccn1. The van der Waals surface area contributed by atoms with Gasteiger partial charge in [0.15, 0.2) is 0 Å². The molecule has 0 aliphatic carbocycles. The van der Waals surface area contributed by atoms with Crippen LogP contribution in [0.25, 0.3) is 0 Å². The van der Waals surface area contributed by atoms with Crippen molar-refractivity contribution >= 4 is 5.69 Å². The smallest absolute Gasteiger partial charge is 0.0397 e. The van der Waals surface area contributed by atoms with E-state index in [1.807, 2.05) is 12.4 Å². The van der Waals surface area contributed by atoms with E-state index in [9.17, 15) is 0 Å². The molecular formula is C12H18N4. The van der Waals surface area contributed by atoms with Gasteiger partial charge >= 0.3 is 0 Å². The maximum Gasteiger partial charge on any atom is 0.0397 e. The molecule has 2 aliphatic heterocycles. The van der Waals surface area contributed by atoms with Crippen molar-refractivity contribution in [2.45, 2.75) is 6.04 Å². The molecule has 0 saturated carbocycles. The van der Waals surface area contributed by atoms with Gasteiger partial charge in [-0.2, -0.15) is 0 Å². The molecule has 1 aromatic rings. The zero-order valence-electron chi connectivity index (χ0n) is 9.47. The Morgan fingerprint density at radius 3 is 2.31 bits per heavy atom. The Hall–Kier alpha value is -1.13. The van der Waals surface area contributed by atoms with E-state index in [0.717, 1.165) is 19.1 Å². The summed E-state index contributed by atoms with van der Waals surface area (Å²) in [4.78, 5) is 9.11. The summed E-state index contributed by atoms with van der Waals surface area (Å²) >= 11 is 0. The molecule has 0 spiro atoms. The third-order valence-corrected chi connectivity index (χ3v) is 3.62. The average molecular weight is 218 g/mol. The van der Waals surface area contributed by atoms with Crippen LogP contribution in [-0.4, -0.2) is 55.2 Å². The maximum atomic E-state index is 4.06. The molecule has 2 saturated heterocycles. The summed E-state index contributed by atoms with van der Waals surface area (Å²) in [5, 5.41) is 3.34. The third-order valence-electron chi connectivity index (χ3n) is 3.62. The molecule has 0 unspecified atom stereocenters. The summed E-state index contributed by atoms with van der Waals surface area (Å²) in [5.74, 6) is 0. The number of hydrogen-bond donors (Lipinski definition) is 1. The topological polar surface area (TPSA) is 31.4 Å². The lowest BCUT2D eigenvalue weighted by Crippen LogP contribution is -2.61. The summed E-state index contributed by atoms with van der Waals surface area (Å²) in [5.41, 5.74) is 1.31. The first-order valence-electron chi connectivity index (χ1n) is 6.03. The molecule has 1 N–H and O–H groups in total. The van der Waals surface area contributed by atoms with Crippen LogP contribution < -0.4 is 10.2 Å². The predicted octanol–water partition coefficient (Wildman–Crippen LogP) is 0.175. The van der Waals surface area contributed by atoms with E-state index in [1.54, 1.807) is 0 Å². The summed E-state index contributed by atoms with van der Waals surface area (Å²) in [6.45, 7) is 7.01. The zero-order valence-corrected chi connectivity index (χ0v) is 9.47. The first-order chi connectivity index (χ1) is 7.93. The second kappa shape index (κ2) is 4.39. The van der Waals surface area contributed by atoms with Crippen molar-refractivity contribution in [2.24, 2.45) is 0 Å². The van der Waals surface area contributed by atoms with Gasteiger partial charge in [0.25, 0.3) is 0 Å². The van der Waals surface area contributed by atoms with Crippen molar-refractivity contribution < 1.29 is 0 Å². The molecule has 2 aliphatic rings. The van der Waals surface area contributed by atoms with Gasteiger partial charge in [-0.1, -0.05) is 0 Å². The van der Waals surface area contributed by atoms with Gasteiger partial charge in [0.05, 0.1) is 0 Å². The highest BCUT2D eigenvalue weighted by molar-refractivity contribution is 5.44. The summed E-state index contributed by atoms with van der Waals surface area (Å²) in [6.07, 6.45) is 3.75. The minimum Gasteiger partial charge on any atom is -0.369 e. The molecule has 4 nitrogen and oxygen atoms in total. The molecule has 3 rings (SSSR count). The molecule has 16 heavy (non-hydrogen) atoms. The van der Waals surface area contributed by atoms with Crippen LogP contribution in [0.3, 0.4) is 0 Å². The van der Waals surface area contributed by atoms with Crippen LogP contribution in [0.2, 0.25) is 0 Å². The number of rotatable bonds is 2. The third kappa shape index (κ3) is 1.90. The Morgan fingerprint density at radius 2 is 1.75 bits per heavy atom. The monoisotopic (exact) mass is 218 g/mol. The number of hydrogen-bond acceptors (Lipinski definition) is 4. The van der Waals surface area contributed by atoms with Crippen molar-refractivity contribution in [3.8, 4) is 0 Å². The quantitative estimate of drug-likeness (QED) is 0.767. The fourth-order valence-corrected chi connectivity index (χ4v) is 2.43. The molecule has 0 atom stereocenters. The Kier molecular flexibility index (Phi) is 2.76. The number of nitrogens with zero attached hydrogens (tertiary/aromatic N) is 3. The lowest BCUT2D eigenvalue weighted by molar-refractivity contribution is 0.138. The fourth-order valence-electron chi connectivity index (χ4n) is 2.43. The molecule has 0 bridgehead atoms. The fraction of sp³-hybridized carbons (Fsp3) is 0.583. The van der Waals surface area contributed by atoms with E-state index in [1.165, 1.54) is 31.9 Å². The van der Waals surface area contributed by atoms with Crippen LogP contribution in [-0.2, 0) is 0 Å². The highest BCUT2D eigenvalue weighted by atomic mass is 15.3. The van der Waals surface area contributed by atoms with Crippen molar-refractivity contribution in [3.63, 3.8) is 0 Å². The van der Waals surface area contributed by atoms with Crippen LogP contribution in [0, 0.1) is 0 Å². The van der Waals surface area contributed by atoms with Gasteiger partial charge in [0.2, 0.25) is 0 Å². The largest absolute Gasteiger partial charge is 0.369 e. The van der Waals surface area contributed by atoms with E-state index < -0.39 is 0 Å². The van der Waals surface area contributed by atoms with Crippen molar-refractivity contribution in [1.82, 2.24) is 15.2 Å². The van der Waals surface area contributed by atoms with Crippen LogP contribution in [0.4, 0.5) is 5.69 Å². The number of nitrogens with one attached hydrogen (secondary N) is 1. The Labute approximate surface area is 96.3 Å².